The second kappa shape index (κ2) is 8.71. The van der Waals surface area contributed by atoms with Gasteiger partial charge in [0, 0.05) is 31.5 Å². The largest absolute Gasteiger partial charge is 0.481 e. The molecule has 1 aliphatic rings. The first-order valence-corrected chi connectivity index (χ1v) is 8.48. The molecule has 0 spiro atoms. The van der Waals surface area contributed by atoms with Gasteiger partial charge in [-0.1, -0.05) is 6.07 Å². The van der Waals surface area contributed by atoms with Crippen molar-refractivity contribution in [3.8, 4) is 5.75 Å². The van der Waals surface area contributed by atoms with Crippen LogP contribution in [0.1, 0.15) is 18.4 Å². The number of amides is 1. The Kier molecular flexibility index (Phi) is 6.12. The molecule has 1 atom stereocenters. The smallest absolute Gasteiger partial charge is 0.260 e. The second-order valence-corrected chi connectivity index (χ2v) is 6.14. The predicted octanol–water partition coefficient (Wildman–Crippen LogP) is 2.95. The van der Waals surface area contributed by atoms with Gasteiger partial charge in [0.25, 0.3) is 5.91 Å². The number of likely N-dealkylation sites (tertiary alicyclic amines) is 1. The average Bonchev–Trinajstić information content (AvgIpc) is 2.66. The molecule has 1 fully saturated rings. The zero-order valence-corrected chi connectivity index (χ0v) is 14.2. The molecule has 2 heterocycles. The number of hydrogen-bond acceptors (Lipinski definition) is 4. The van der Waals surface area contributed by atoms with E-state index in [1.165, 1.54) is 6.07 Å². The summed E-state index contributed by atoms with van der Waals surface area (Å²) in [5, 5.41) is 0. The molecule has 1 aromatic heterocycles. The number of nitrogens with zero attached hydrogens (tertiary/aromatic N) is 2. The van der Waals surface area contributed by atoms with Crippen molar-refractivity contribution in [1.29, 1.82) is 0 Å². The molecule has 0 saturated carbocycles. The molecule has 5 nitrogen and oxygen atoms in total. The Hall–Kier alpha value is -2.54. The van der Waals surface area contributed by atoms with Crippen LogP contribution in [-0.4, -0.2) is 41.6 Å². The third-order valence-corrected chi connectivity index (χ3v) is 4.18. The summed E-state index contributed by atoms with van der Waals surface area (Å²) < 4.78 is 37.5. The molecule has 1 aromatic carbocycles. The molecule has 138 valence electrons. The average molecular weight is 362 g/mol. The fourth-order valence-electron chi connectivity index (χ4n) is 2.82. The first-order chi connectivity index (χ1) is 12.6. The van der Waals surface area contributed by atoms with Crippen molar-refractivity contribution >= 4 is 5.91 Å². The summed E-state index contributed by atoms with van der Waals surface area (Å²) in [6, 6.07) is 6.77. The van der Waals surface area contributed by atoms with Crippen LogP contribution in [0.2, 0.25) is 0 Å². The molecular weight excluding hydrogens is 342 g/mol. The van der Waals surface area contributed by atoms with Crippen molar-refractivity contribution in [2.45, 2.75) is 25.6 Å². The van der Waals surface area contributed by atoms with Crippen molar-refractivity contribution in [3.63, 3.8) is 0 Å². The SMILES string of the molecule is O=C(COc1ccc(F)cc1F)N1CCCC(OCc2cccnc2)C1. The van der Waals surface area contributed by atoms with Gasteiger partial charge in [0.05, 0.1) is 12.7 Å². The minimum absolute atomic E-state index is 0.0598. The lowest BCUT2D eigenvalue weighted by molar-refractivity contribution is -0.137. The van der Waals surface area contributed by atoms with Crippen LogP contribution in [0.25, 0.3) is 0 Å². The summed E-state index contributed by atoms with van der Waals surface area (Å²) in [7, 11) is 0. The molecule has 2 aromatic rings. The van der Waals surface area contributed by atoms with Crippen LogP contribution in [0.3, 0.4) is 0 Å². The predicted molar refractivity (Wildman–Crippen MR) is 90.5 cm³/mol. The molecular formula is C19H20F2N2O3. The van der Waals surface area contributed by atoms with Crippen molar-refractivity contribution in [3.05, 3.63) is 59.9 Å². The minimum Gasteiger partial charge on any atom is -0.481 e. The van der Waals surface area contributed by atoms with Crippen LogP contribution >= 0.6 is 0 Å². The Bertz CT molecular complexity index is 743. The summed E-state index contributed by atoms with van der Waals surface area (Å²) >= 11 is 0. The van der Waals surface area contributed by atoms with Crippen LogP contribution in [0.4, 0.5) is 8.78 Å². The van der Waals surface area contributed by atoms with Crippen LogP contribution < -0.4 is 4.74 Å². The maximum atomic E-state index is 13.6. The molecule has 1 unspecified atom stereocenters. The molecule has 26 heavy (non-hydrogen) atoms. The Morgan fingerprint density at radius 1 is 1.31 bits per heavy atom. The number of benzene rings is 1. The zero-order chi connectivity index (χ0) is 18.4. The Morgan fingerprint density at radius 2 is 2.19 bits per heavy atom. The Morgan fingerprint density at radius 3 is 2.96 bits per heavy atom. The second-order valence-electron chi connectivity index (χ2n) is 6.14. The van der Waals surface area contributed by atoms with Crippen molar-refractivity contribution in [2.24, 2.45) is 0 Å². The minimum atomic E-state index is -0.825. The highest BCUT2D eigenvalue weighted by atomic mass is 19.1. The number of hydrogen-bond donors (Lipinski definition) is 0. The monoisotopic (exact) mass is 362 g/mol. The Labute approximate surface area is 150 Å². The van der Waals surface area contributed by atoms with Crippen molar-refractivity contribution < 1.29 is 23.0 Å². The fraction of sp³-hybridized carbons (Fsp3) is 0.368. The van der Waals surface area contributed by atoms with Gasteiger partial charge in [0.15, 0.2) is 18.2 Å². The highest BCUT2D eigenvalue weighted by molar-refractivity contribution is 5.77. The van der Waals surface area contributed by atoms with E-state index in [1.54, 1.807) is 17.3 Å². The van der Waals surface area contributed by atoms with Crippen LogP contribution in [-0.2, 0) is 16.1 Å². The van der Waals surface area contributed by atoms with E-state index in [0.29, 0.717) is 19.7 Å². The third kappa shape index (κ3) is 4.98. The van der Waals surface area contributed by atoms with Gasteiger partial charge in [-0.05, 0) is 36.6 Å². The first kappa shape index (κ1) is 18.3. The van der Waals surface area contributed by atoms with Gasteiger partial charge in [0.1, 0.15) is 5.82 Å². The highest BCUT2D eigenvalue weighted by Crippen LogP contribution is 2.19. The highest BCUT2D eigenvalue weighted by Gasteiger charge is 2.24. The summed E-state index contributed by atoms with van der Waals surface area (Å²) in [6.07, 6.45) is 5.09. The van der Waals surface area contributed by atoms with E-state index in [1.807, 2.05) is 12.1 Å². The maximum absolute atomic E-state index is 13.6. The first-order valence-electron chi connectivity index (χ1n) is 8.48. The number of piperidine rings is 1. The number of halogens is 2. The van der Waals surface area contributed by atoms with Crippen molar-refractivity contribution in [2.75, 3.05) is 19.7 Å². The summed E-state index contributed by atoms with van der Waals surface area (Å²) in [6.45, 7) is 1.23. The number of carbonyl (C=O) groups is 1. The fourth-order valence-corrected chi connectivity index (χ4v) is 2.82. The van der Waals surface area contributed by atoms with Gasteiger partial charge in [0.2, 0.25) is 0 Å². The maximum Gasteiger partial charge on any atom is 0.260 e. The zero-order valence-electron chi connectivity index (χ0n) is 14.2. The summed E-state index contributed by atoms with van der Waals surface area (Å²) in [5.74, 6) is -1.90. The number of aromatic nitrogens is 1. The summed E-state index contributed by atoms with van der Waals surface area (Å²) in [5.41, 5.74) is 0.978. The molecule has 1 aliphatic heterocycles. The third-order valence-electron chi connectivity index (χ3n) is 4.18. The van der Waals surface area contributed by atoms with E-state index in [-0.39, 0.29) is 24.4 Å². The molecule has 1 amide bonds. The van der Waals surface area contributed by atoms with E-state index in [2.05, 4.69) is 4.98 Å². The topological polar surface area (TPSA) is 51.7 Å². The molecule has 1 saturated heterocycles. The summed E-state index contributed by atoms with van der Waals surface area (Å²) in [4.78, 5) is 18.0. The number of pyridine rings is 1. The van der Waals surface area contributed by atoms with Crippen molar-refractivity contribution in [1.82, 2.24) is 9.88 Å². The van der Waals surface area contributed by atoms with Crippen LogP contribution in [0.5, 0.6) is 5.75 Å². The normalized spacial score (nSPS) is 17.2. The lowest BCUT2D eigenvalue weighted by Gasteiger charge is -2.32. The van der Waals surface area contributed by atoms with Gasteiger partial charge in [-0.2, -0.15) is 0 Å². The molecule has 3 rings (SSSR count). The van der Waals surface area contributed by atoms with Gasteiger partial charge >= 0.3 is 0 Å². The standard InChI is InChI=1S/C19H20F2N2O3/c20-15-5-6-18(17(21)9-15)26-13-19(24)23-8-2-4-16(11-23)25-12-14-3-1-7-22-10-14/h1,3,5-7,9-10,16H,2,4,8,11-13H2. The molecule has 7 heteroatoms. The van der Waals surface area contributed by atoms with Gasteiger partial charge in [-0.3, -0.25) is 9.78 Å². The molecule has 0 aliphatic carbocycles. The number of ether oxygens (including phenoxy) is 2. The van der Waals surface area contributed by atoms with Crippen LogP contribution in [0, 0.1) is 11.6 Å². The molecule has 0 radical (unpaired) electrons. The van der Waals surface area contributed by atoms with E-state index in [9.17, 15) is 13.6 Å². The van der Waals surface area contributed by atoms with E-state index in [0.717, 1.165) is 30.5 Å². The Balaban J connectivity index is 1.48. The molecule has 0 bridgehead atoms. The van der Waals surface area contributed by atoms with E-state index >= 15 is 0 Å². The lowest BCUT2D eigenvalue weighted by Crippen LogP contribution is -2.45. The van der Waals surface area contributed by atoms with Gasteiger partial charge in [-0.15, -0.1) is 0 Å². The van der Waals surface area contributed by atoms with Gasteiger partial charge < -0.3 is 14.4 Å². The number of rotatable bonds is 6. The quantitative estimate of drug-likeness (QED) is 0.793. The van der Waals surface area contributed by atoms with E-state index in [4.69, 9.17) is 9.47 Å². The number of carbonyl (C=O) groups excluding carboxylic acids is 1. The lowest BCUT2D eigenvalue weighted by atomic mass is 10.1. The molecule has 0 N–H and O–H groups in total. The van der Waals surface area contributed by atoms with Gasteiger partial charge in [-0.25, -0.2) is 8.78 Å². The van der Waals surface area contributed by atoms with E-state index < -0.39 is 11.6 Å². The van der Waals surface area contributed by atoms with Crippen LogP contribution in [0.15, 0.2) is 42.7 Å².